The van der Waals surface area contributed by atoms with Gasteiger partial charge in [-0.2, -0.15) is 4.98 Å². The number of halogens is 1. The van der Waals surface area contributed by atoms with E-state index in [4.69, 9.17) is 10.5 Å². The lowest BCUT2D eigenvalue weighted by Crippen LogP contribution is -2.53. The van der Waals surface area contributed by atoms with Crippen LogP contribution in [0.5, 0.6) is 0 Å². The number of nitrogens with zero attached hydrogens (tertiary/aromatic N) is 6. The van der Waals surface area contributed by atoms with Crippen LogP contribution < -0.4 is 16.0 Å². The number of rotatable bonds is 5. The molecule has 0 aromatic carbocycles. The first kappa shape index (κ1) is 20.7. The van der Waals surface area contributed by atoms with Gasteiger partial charge in [-0.3, -0.25) is 14.6 Å². The maximum atomic E-state index is 13.1. The third-order valence-corrected chi connectivity index (χ3v) is 5.09. The monoisotopic (exact) mass is 430 g/mol. The number of pyridine rings is 1. The maximum absolute atomic E-state index is 13.1. The summed E-state index contributed by atoms with van der Waals surface area (Å²) in [5.74, 6) is -0.556. The van der Waals surface area contributed by atoms with Crippen molar-refractivity contribution in [1.82, 2.24) is 19.5 Å². The standard InChI is InChI=1S/C19H23FN8O3/c1-22-16(14(9-21)18(30)27-10-12(20)11-27)17(29)23-13-2-3-28-15(8-13)24-19(25-28)26-4-6-31-7-5-26/h2-3,8-9,12H,4-7,10-11,21H2,1H3,(H,23,29). The fourth-order valence-electron chi connectivity index (χ4n) is 3.39. The molecule has 2 saturated heterocycles. The van der Waals surface area contributed by atoms with Crippen molar-refractivity contribution in [3.8, 4) is 0 Å². The Hall–Kier alpha value is -3.54. The summed E-state index contributed by atoms with van der Waals surface area (Å²) in [5.41, 5.74) is 6.37. The third-order valence-electron chi connectivity index (χ3n) is 5.09. The number of nitrogens with one attached hydrogen (secondary N) is 1. The van der Waals surface area contributed by atoms with E-state index in [1.165, 1.54) is 11.9 Å². The lowest BCUT2D eigenvalue weighted by molar-refractivity contribution is -0.133. The molecule has 0 radical (unpaired) electrons. The maximum Gasteiger partial charge on any atom is 0.274 e. The molecular weight excluding hydrogens is 407 g/mol. The number of carbonyl (C=O) groups is 2. The predicted molar refractivity (Wildman–Crippen MR) is 112 cm³/mol. The zero-order valence-electron chi connectivity index (χ0n) is 17.0. The van der Waals surface area contributed by atoms with Crippen molar-refractivity contribution in [3.63, 3.8) is 0 Å². The molecule has 2 amide bonds. The van der Waals surface area contributed by atoms with Crippen LogP contribution in [-0.4, -0.2) is 89.6 Å². The van der Waals surface area contributed by atoms with Gasteiger partial charge in [0.15, 0.2) is 5.65 Å². The Balaban J connectivity index is 1.49. The van der Waals surface area contributed by atoms with Crippen molar-refractivity contribution in [2.24, 2.45) is 10.7 Å². The van der Waals surface area contributed by atoms with Gasteiger partial charge in [0.2, 0.25) is 5.95 Å². The number of ether oxygens (including phenoxy) is 1. The van der Waals surface area contributed by atoms with Crippen molar-refractivity contribution in [2.75, 3.05) is 56.7 Å². The topological polar surface area (TPSA) is 130 Å². The minimum absolute atomic E-state index is 0.0240. The number of aliphatic imine (C=N–C) groups is 1. The zero-order valence-corrected chi connectivity index (χ0v) is 17.0. The largest absolute Gasteiger partial charge is 0.404 e. The van der Waals surface area contributed by atoms with Gasteiger partial charge in [0.05, 0.1) is 31.9 Å². The van der Waals surface area contributed by atoms with E-state index in [0.29, 0.717) is 43.6 Å². The van der Waals surface area contributed by atoms with Gasteiger partial charge in [0.25, 0.3) is 11.8 Å². The Morgan fingerprint density at radius 1 is 1.35 bits per heavy atom. The number of nitrogens with two attached hydrogens (primary N) is 1. The molecule has 2 fully saturated rings. The average Bonchev–Trinajstić information content (AvgIpc) is 3.18. The first-order valence-corrected chi connectivity index (χ1v) is 9.83. The van der Waals surface area contributed by atoms with E-state index in [0.717, 1.165) is 6.20 Å². The summed E-state index contributed by atoms with van der Waals surface area (Å²) in [6, 6.07) is 3.33. The molecule has 4 heterocycles. The Bertz CT molecular complexity index is 1050. The van der Waals surface area contributed by atoms with Gasteiger partial charge in [0, 0.05) is 44.3 Å². The van der Waals surface area contributed by atoms with Crippen LogP contribution in [0, 0.1) is 0 Å². The van der Waals surface area contributed by atoms with Crippen LogP contribution in [-0.2, 0) is 14.3 Å². The number of anilines is 2. The van der Waals surface area contributed by atoms with Gasteiger partial charge in [-0.25, -0.2) is 8.91 Å². The molecule has 0 saturated carbocycles. The van der Waals surface area contributed by atoms with Gasteiger partial charge < -0.3 is 25.6 Å². The van der Waals surface area contributed by atoms with Crippen molar-refractivity contribution in [3.05, 3.63) is 30.1 Å². The van der Waals surface area contributed by atoms with Crippen molar-refractivity contribution < 1.29 is 18.7 Å². The van der Waals surface area contributed by atoms with E-state index in [9.17, 15) is 14.0 Å². The molecule has 0 aliphatic carbocycles. The molecule has 2 aromatic heterocycles. The number of alkyl halides is 1. The fraction of sp³-hybridized carbons (Fsp3) is 0.421. The molecule has 3 N–H and O–H groups in total. The highest BCUT2D eigenvalue weighted by atomic mass is 19.1. The second-order valence-corrected chi connectivity index (χ2v) is 7.14. The number of amides is 2. The smallest absolute Gasteiger partial charge is 0.274 e. The van der Waals surface area contributed by atoms with Crippen LogP contribution in [0.3, 0.4) is 0 Å². The van der Waals surface area contributed by atoms with Gasteiger partial charge in [-0.1, -0.05) is 0 Å². The van der Waals surface area contributed by atoms with Gasteiger partial charge in [-0.15, -0.1) is 5.10 Å². The number of morpholine rings is 1. The van der Waals surface area contributed by atoms with E-state index < -0.39 is 18.0 Å². The summed E-state index contributed by atoms with van der Waals surface area (Å²) in [6.45, 7) is 2.61. The number of aromatic nitrogens is 3. The first-order valence-electron chi connectivity index (χ1n) is 9.83. The molecule has 4 rings (SSSR count). The van der Waals surface area contributed by atoms with E-state index in [1.807, 2.05) is 4.90 Å². The minimum atomic E-state index is -1.06. The molecule has 0 bridgehead atoms. The van der Waals surface area contributed by atoms with Gasteiger partial charge >= 0.3 is 0 Å². The lowest BCUT2D eigenvalue weighted by atomic mass is 10.1. The molecule has 11 nitrogen and oxygen atoms in total. The third kappa shape index (κ3) is 4.19. The van der Waals surface area contributed by atoms with E-state index >= 15 is 0 Å². The first-order chi connectivity index (χ1) is 15.0. The SMILES string of the molecule is CN=C(C(=O)Nc1ccn2nc(N3CCOCC3)nc2c1)C(=CN)C(=O)N1CC(F)C1. The summed E-state index contributed by atoms with van der Waals surface area (Å²) < 4.78 is 20.1. The van der Waals surface area contributed by atoms with Gasteiger partial charge in [0.1, 0.15) is 11.9 Å². The summed E-state index contributed by atoms with van der Waals surface area (Å²) >= 11 is 0. The molecule has 0 spiro atoms. The number of fused-ring (bicyclic) bond motifs is 1. The Morgan fingerprint density at radius 3 is 2.74 bits per heavy atom. The lowest BCUT2D eigenvalue weighted by Gasteiger charge is -2.34. The molecule has 31 heavy (non-hydrogen) atoms. The summed E-state index contributed by atoms with van der Waals surface area (Å²) in [6.07, 6.45) is 1.64. The highest BCUT2D eigenvalue weighted by Gasteiger charge is 2.34. The summed E-state index contributed by atoms with van der Waals surface area (Å²) in [7, 11) is 1.39. The van der Waals surface area contributed by atoms with Crippen molar-refractivity contribution in [1.29, 1.82) is 0 Å². The highest BCUT2D eigenvalue weighted by Crippen LogP contribution is 2.18. The number of hydrogen-bond donors (Lipinski definition) is 2. The fourth-order valence-corrected chi connectivity index (χ4v) is 3.39. The van der Waals surface area contributed by atoms with E-state index in [2.05, 4.69) is 20.4 Å². The van der Waals surface area contributed by atoms with Crippen LogP contribution in [0.1, 0.15) is 0 Å². The minimum Gasteiger partial charge on any atom is -0.404 e. The molecule has 12 heteroatoms. The average molecular weight is 430 g/mol. The Kier molecular flexibility index (Phi) is 5.80. The van der Waals surface area contributed by atoms with E-state index in [1.54, 1.807) is 22.8 Å². The van der Waals surface area contributed by atoms with E-state index in [-0.39, 0.29) is 24.4 Å². The number of hydrogen-bond acceptors (Lipinski definition) is 8. The van der Waals surface area contributed by atoms with Crippen LogP contribution in [0.15, 0.2) is 35.1 Å². The quantitative estimate of drug-likeness (QED) is 0.487. The predicted octanol–water partition coefficient (Wildman–Crippen LogP) is -0.402. The Morgan fingerprint density at radius 2 is 2.10 bits per heavy atom. The summed E-state index contributed by atoms with van der Waals surface area (Å²) in [4.78, 5) is 37.0. The Labute approximate surface area is 177 Å². The van der Waals surface area contributed by atoms with Crippen LogP contribution in [0.4, 0.5) is 16.0 Å². The molecule has 2 aromatic rings. The second kappa shape index (κ2) is 8.68. The normalized spacial score (nSPS) is 18.3. The molecule has 2 aliphatic rings. The van der Waals surface area contributed by atoms with Crippen molar-refractivity contribution in [2.45, 2.75) is 6.17 Å². The van der Waals surface area contributed by atoms with Crippen LogP contribution in [0.2, 0.25) is 0 Å². The molecule has 164 valence electrons. The number of carbonyl (C=O) groups excluding carboxylic acids is 2. The molecule has 0 atom stereocenters. The molecular formula is C19H23FN8O3. The number of likely N-dealkylation sites (tertiary alicyclic amines) is 1. The van der Waals surface area contributed by atoms with Crippen molar-refractivity contribution >= 4 is 34.8 Å². The highest BCUT2D eigenvalue weighted by molar-refractivity contribution is 6.53. The summed E-state index contributed by atoms with van der Waals surface area (Å²) in [5, 5.41) is 7.15. The van der Waals surface area contributed by atoms with Crippen LogP contribution >= 0.6 is 0 Å². The molecule has 0 unspecified atom stereocenters. The van der Waals surface area contributed by atoms with Crippen LogP contribution in [0.25, 0.3) is 5.65 Å². The molecule has 2 aliphatic heterocycles. The van der Waals surface area contributed by atoms with Gasteiger partial charge in [-0.05, 0) is 6.07 Å². The zero-order chi connectivity index (χ0) is 22.0. The second-order valence-electron chi connectivity index (χ2n) is 7.14.